The van der Waals surface area contributed by atoms with Crippen LogP contribution < -0.4 is 15.6 Å². The third-order valence-corrected chi connectivity index (χ3v) is 3.58. The van der Waals surface area contributed by atoms with Crippen molar-refractivity contribution in [1.29, 1.82) is 0 Å². The Kier molecular flexibility index (Phi) is 5.89. The average molecular weight is 369 g/mol. The van der Waals surface area contributed by atoms with E-state index in [4.69, 9.17) is 27.9 Å². The number of rotatable bonds is 4. The number of halogens is 2. The fraction of sp³-hybridized carbons (Fsp3) is 0.125. The molecule has 2 aromatic carbocycles. The van der Waals surface area contributed by atoms with Gasteiger partial charge in [0.25, 0.3) is 5.91 Å². The zero-order chi connectivity index (χ0) is 17.7. The van der Waals surface area contributed by atoms with Crippen LogP contribution in [0.3, 0.4) is 0 Å². The molecule has 6 nitrogen and oxygen atoms in total. The number of carbonyl (C=O) groups excluding carboxylic acids is 2. The highest BCUT2D eigenvalue weighted by atomic mass is 35.5. The molecule has 0 atom stereocenters. The first kappa shape index (κ1) is 17.9. The number of benzene rings is 2. The van der Waals surface area contributed by atoms with Gasteiger partial charge in [0.15, 0.2) is 0 Å². The maximum Gasteiger partial charge on any atom is 0.273 e. The van der Waals surface area contributed by atoms with Crippen LogP contribution in [0, 0.1) is 0 Å². The summed E-state index contributed by atoms with van der Waals surface area (Å²) in [5.74, 6) is -0.914. The first-order chi connectivity index (χ1) is 11.4. The lowest BCUT2D eigenvalue weighted by Crippen LogP contribution is -2.42. The highest BCUT2D eigenvalue weighted by Crippen LogP contribution is 2.23. The average Bonchev–Trinajstić information content (AvgIpc) is 2.55. The lowest BCUT2D eigenvalue weighted by Gasteiger charge is -2.11. The van der Waals surface area contributed by atoms with Crippen molar-refractivity contribution >= 4 is 35.0 Å². The van der Waals surface area contributed by atoms with Crippen LogP contribution in [0.25, 0.3) is 0 Å². The summed E-state index contributed by atoms with van der Waals surface area (Å²) in [5, 5.41) is 10.4. The van der Waals surface area contributed by atoms with E-state index in [1.165, 1.54) is 25.3 Å². The van der Waals surface area contributed by atoms with Crippen LogP contribution >= 0.6 is 23.2 Å². The number of hydrogen-bond donors (Lipinski definition) is 3. The summed E-state index contributed by atoms with van der Waals surface area (Å²) < 4.78 is 5.15. The molecule has 24 heavy (non-hydrogen) atoms. The second-order valence-corrected chi connectivity index (χ2v) is 5.67. The number of phenols is 1. The fourth-order valence-corrected chi connectivity index (χ4v) is 2.35. The molecule has 0 heterocycles. The molecule has 0 aliphatic rings. The number of hydrazine groups is 1. The number of hydrogen-bond acceptors (Lipinski definition) is 4. The minimum Gasteiger partial charge on any atom is -0.507 e. The molecule has 0 radical (unpaired) electrons. The Bertz CT molecular complexity index is 781. The smallest absolute Gasteiger partial charge is 0.273 e. The minimum absolute atomic E-state index is 0.0501. The summed E-state index contributed by atoms with van der Waals surface area (Å²) in [6.07, 6.45) is -0.0501. The summed E-state index contributed by atoms with van der Waals surface area (Å²) in [6, 6.07) is 8.91. The van der Waals surface area contributed by atoms with Gasteiger partial charge in [-0.3, -0.25) is 20.4 Å². The maximum atomic E-state index is 12.0. The lowest BCUT2D eigenvalue weighted by atomic mass is 10.1. The SMILES string of the molecule is COc1ccc(Cl)cc1CC(=O)NNC(=O)c1cc(Cl)ccc1O. The lowest BCUT2D eigenvalue weighted by molar-refractivity contribution is -0.121. The predicted octanol–water partition coefficient (Wildman–Crippen LogP) is 2.71. The molecular weight excluding hydrogens is 355 g/mol. The second-order valence-electron chi connectivity index (χ2n) is 4.80. The third-order valence-electron chi connectivity index (χ3n) is 3.11. The highest BCUT2D eigenvalue weighted by molar-refractivity contribution is 6.31. The molecule has 0 aromatic heterocycles. The zero-order valence-electron chi connectivity index (χ0n) is 12.6. The van der Waals surface area contributed by atoms with Gasteiger partial charge < -0.3 is 9.84 Å². The van der Waals surface area contributed by atoms with Crippen LogP contribution in [0.2, 0.25) is 10.0 Å². The first-order valence-corrected chi connectivity index (χ1v) is 7.56. The first-order valence-electron chi connectivity index (χ1n) is 6.81. The third kappa shape index (κ3) is 4.53. The van der Waals surface area contributed by atoms with Crippen molar-refractivity contribution in [2.24, 2.45) is 0 Å². The standard InChI is InChI=1S/C16H14Cl2N2O4/c1-24-14-5-3-10(17)6-9(14)7-15(22)19-20-16(23)12-8-11(18)2-4-13(12)21/h2-6,8,21H,7H2,1H3,(H,19,22)(H,20,23). The molecule has 0 fully saturated rings. The molecule has 0 spiro atoms. The number of aromatic hydroxyl groups is 1. The van der Waals surface area contributed by atoms with Crippen molar-refractivity contribution in [2.75, 3.05) is 7.11 Å². The van der Waals surface area contributed by atoms with E-state index in [-0.39, 0.29) is 22.8 Å². The van der Waals surface area contributed by atoms with Gasteiger partial charge in [-0.2, -0.15) is 0 Å². The molecule has 0 aliphatic heterocycles. The monoisotopic (exact) mass is 368 g/mol. The zero-order valence-corrected chi connectivity index (χ0v) is 14.1. The number of ether oxygens (including phenoxy) is 1. The molecular formula is C16H14Cl2N2O4. The molecule has 0 unspecified atom stereocenters. The quantitative estimate of drug-likeness (QED) is 0.724. The van der Waals surface area contributed by atoms with Crippen LogP contribution in [0.4, 0.5) is 0 Å². The van der Waals surface area contributed by atoms with Crippen LogP contribution in [0.15, 0.2) is 36.4 Å². The van der Waals surface area contributed by atoms with Crippen molar-refractivity contribution in [2.45, 2.75) is 6.42 Å². The fourth-order valence-electron chi connectivity index (χ4n) is 1.99. The van der Waals surface area contributed by atoms with E-state index in [1.807, 2.05) is 0 Å². The van der Waals surface area contributed by atoms with Gasteiger partial charge >= 0.3 is 0 Å². The van der Waals surface area contributed by atoms with E-state index in [2.05, 4.69) is 10.9 Å². The van der Waals surface area contributed by atoms with Crippen LogP contribution in [-0.2, 0) is 11.2 Å². The van der Waals surface area contributed by atoms with Crippen molar-refractivity contribution in [3.63, 3.8) is 0 Å². The van der Waals surface area contributed by atoms with Gasteiger partial charge in [0.1, 0.15) is 11.5 Å². The van der Waals surface area contributed by atoms with Gasteiger partial charge in [-0.1, -0.05) is 23.2 Å². The van der Waals surface area contributed by atoms with Gasteiger partial charge in [-0.15, -0.1) is 0 Å². The summed E-state index contributed by atoms with van der Waals surface area (Å²) >= 11 is 11.7. The topological polar surface area (TPSA) is 87.7 Å². The van der Waals surface area contributed by atoms with Gasteiger partial charge in [0.2, 0.25) is 5.91 Å². The van der Waals surface area contributed by atoms with E-state index >= 15 is 0 Å². The Balaban J connectivity index is 2.00. The van der Waals surface area contributed by atoms with Crippen LogP contribution in [-0.4, -0.2) is 24.0 Å². The highest BCUT2D eigenvalue weighted by Gasteiger charge is 2.14. The molecule has 126 valence electrons. The number of nitrogens with one attached hydrogen (secondary N) is 2. The van der Waals surface area contributed by atoms with E-state index in [9.17, 15) is 14.7 Å². The Morgan fingerprint density at radius 2 is 1.75 bits per heavy atom. The Morgan fingerprint density at radius 3 is 2.46 bits per heavy atom. The predicted molar refractivity (Wildman–Crippen MR) is 90.4 cm³/mol. The molecule has 0 bridgehead atoms. The van der Waals surface area contributed by atoms with Crippen molar-refractivity contribution < 1.29 is 19.4 Å². The molecule has 0 aliphatic carbocycles. The molecule has 2 amide bonds. The van der Waals surface area contributed by atoms with E-state index in [0.29, 0.717) is 16.3 Å². The number of amides is 2. The number of phenolic OH excluding ortho intramolecular Hbond substituents is 1. The van der Waals surface area contributed by atoms with Crippen LogP contribution in [0.5, 0.6) is 11.5 Å². The van der Waals surface area contributed by atoms with Gasteiger partial charge in [-0.25, -0.2) is 0 Å². The molecule has 2 rings (SSSR count). The maximum absolute atomic E-state index is 12.0. The largest absolute Gasteiger partial charge is 0.507 e. The Labute approximate surface area is 148 Å². The normalized spacial score (nSPS) is 10.1. The van der Waals surface area contributed by atoms with E-state index in [1.54, 1.807) is 18.2 Å². The second kappa shape index (κ2) is 7.90. The van der Waals surface area contributed by atoms with Crippen molar-refractivity contribution in [3.05, 3.63) is 57.6 Å². The van der Waals surface area contributed by atoms with E-state index < -0.39 is 11.8 Å². The Hall–Kier alpha value is -2.44. The van der Waals surface area contributed by atoms with Crippen LogP contribution in [0.1, 0.15) is 15.9 Å². The van der Waals surface area contributed by atoms with Gasteiger partial charge in [0, 0.05) is 15.6 Å². The van der Waals surface area contributed by atoms with E-state index in [0.717, 1.165) is 0 Å². The Morgan fingerprint density at radius 1 is 1.08 bits per heavy atom. The van der Waals surface area contributed by atoms with Crippen molar-refractivity contribution in [1.82, 2.24) is 10.9 Å². The summed E-state index contributed by atoms with van der Waals surface area (Å²) in [7, 11) is 1.48. The minimum atomic E-state index is -0.693. The molecule has 8 heteroatoms. The van der Waals surface area contributed by atoms with Gasteiger partial charge in [-0.05, 0) is 36.4 Å². The summed E-state index contributed by atoms with van der Waals surface area (Å²) in [5.41, 5.74) is 4.98. The van der Waals surface area contributed by atoms with Crippen molar-refractivity contribution in [3.8, 4) is 11.5 Å². The summed E-state index contributed by atoms with van der Waals surface area (Å²) in [6.45, 7) is 0. The number of carbonyl (C=O) groups is 2. The number of methoxy groups -OCH3 is 1. The molecule has 3 N–H and O–H groups in total. The molecule has 2 aromatic rings. The summed E-state index contributed by atoms with van der Waals surface area (Å²) in [4.78, 5) is 23.9. The molecule has 0 saturated carbocycles. The van der Waals surface area contributed by atoms with Gasteiger partial charge in [0.05, 0.1) is 19.1 Å². The molecule has 0 saturated heterocycles.